The van der Waals surface area contributed by atoms with Crippen molar-refractivity contribution in [1.82, 2.24) is 9.97 Å². The molecule has 0 bridgehead atoms. The van der Waals surface area contributed by atoms with Gasteiger partial charge in [0.1, 0.15) is 11.4 Å². The molecule has 0 spiro atoms. The zero-order valence-electron chi connectivity index (χ0n) is 10.3. The topological polar surface area (TPSA) is 73.1 Å². The van der Waals surface area contributed by atoms with Crippen LogP contribution in [-0.4, -0.2) is 9.97 Å². The van der Waals surface area contributed by atoms with Crippen LogP contribution in [0.2, 0.25) is 5.02 Å². The number of nitrogens with zero attached hydrogens (tertiary/aromatic N) is 2. The van der Waals surface area contributed by atoms with Gasteiger partial charge in [0, 0.05) is 5.02 Å². The Morgan fingerprint density at radius 1 is 1.30 bits per heavy atom. The summed E-state index contributed by atoms with van der Waals surface area (Å²) in [4.78, 5) is 9.31. The lowest BCUT2D eigenvalue weighted by Crippen LogP contribution is -2.11. The molecule has 3 rings (SSSR count). The molecule has 1 aromatic carbocycles. The number of nitrogens with two attached hydrogens (primary N) is 1. The predicted molar refractivity (Wildman–Crippen MR) is 81.0 cm³/mol. The van der Waals surface area contributed by atoms with Gasteiger partial charge in [-0.3, -0.25) is 5.43 Å². The fourth-order valence-corrected chi connectivity index (χ4v) is 2.75. The van der Waals surface area contributed by atoms with E-state index in [1.54, 1.807) is 0 Å². The van der Waals surface area contributed by atoms with Gasteiger partial charge in [0.2, 0.25) is 11.8 Å². The highest BCUT2D eigenvalue weighted by Crippen LogP contribution is 2.28. The van der Waals surface area contributed by atoms with Crippen molar-refractivity contribution in [1.29, 1.82) is 0 Å². The molecule has 0 atom stereocenters. The Kier molecular flexibility index (Phi) is 3.68. The highest BCUT2D eigenvalue weighted by atomic mass is 35.5. The van der Waals surface area contributed by atoms with Crippen molar-refractivity contribution in [3.63, 3.8) is 0 Å². The van der Waals surface area contributed by atoms with Crippen LogP contribution in [0.1, 0.15) is 5.56 Å². The van der Waals surface area contributed by atoms with Crippen LogP contribution >= 0.6 is 22.9 Å². The van der Waals surface area contributed by atoms with Crippen LogP contribution in [0, 0.1) is 0 Å². The van der Waals surface area contributed by atoms with Crippen molar-refractivity contribution in [3.8, 4) is 5.88 Å². The van der Waals surface area contributed by atoms with Crippen LogP contribution < -0.4 is 16.0 Å². The second-order valence-electron chi connectivity index (χ2n) is 4.05. The Labute approximate surface area is 124 Å². The van der Waals surface area contributed by atoms with Crippen LogP contribution in [0.15, 0.2) is 35.7 Å². The average Bonchev–Trinajstić information content (AvgIpc) is 2.93. The molecule has 2 aromatic heterocycles. The SMILES string of the molecule is NNc1nc(OCc2cccc(Cl)c2)c2ccsc2n1. The average molecular weight is 307 g/mol. The number of aromatic nitrogens is 2. The summed E-state index contributed by atoms with van der Waals surface area (Å²) in [6.07, 6.45) is 0. The number of anilines is 1. The van der Waals surface area contributed by atoms with Gasteiger partial charge in [-0.2, -0.15) is 4.98 Å². The first-order valence-corrected chi connectivity index (χ1v) is 7.11. The van der Waals surface area contributed by atoms with Gasteiger partial charge >= 0.3 is 0 Å². The van der Waals surface area contributed by atoms with Gasteiger partial charge in [0.15, 0.2) is 0 Å². The van der Waals surface area contributed by atoms with E-state index < -0.39 is 0 Å². The van der Waals surface area contributed by atoms with E-state index >= 15 is 0 Å². The zero-order chi connectivity index (χ0) is 13.9. The lowest BCUT2D eigenvalue weighted by molar-refractivity contribution is 0.298. The molecule has 3 aromatic rings. The van der Waals surface area contributed by atoms with E-state index in [0.29, 0.717) is 23.5 Å². The highest BCUT2D eigenvalue weighted by Gasteiger charge is 2.09. The second-order valence-corrected chi connectivity index (χ2v) is 5.39. The molecule has 0 unspecified atom stereocenters. The van der Waals surface area contributed by atoms with Crippen molar-refractivity contribution in [2.45, 2.75) is 6.61 Å². The molecule has 0 saturated carbocycles. The van der Waals surface area contributed by atoms with Crippen LogP contribution in [0.3, 0.4) is 0 Å². The molecule has 0 saturated heterocycles. The molecule has 0 fully saturated rings. The summed E-state index contributed by atoms with van der Waals surface area (Å²) in [6, 6.07) is 9.43. The molecule has 3 N–H and O–H groups in total. The van der Waals surface area contributed by atoms with E-state index in [4.69, 9.17) is 22.2 Å². The van der Waals surface area contributed by atoms with Crippen LogP contribution in [0.25, 0.3) is 10.2 Å². The standard InChI is InChI=1S/C13H11ClN4OS/c14-9-3-1-2-8(6-9)7-19-11-10-4-5-20-12(10)17-13(16-11)18-15/h1-6H,7,15H2,(H,16,17,18). The number of nitrogen functional groups attached to an aromatic ring is 1. The molecule has 7 heteroatoms. The van der Waals surface area contributed by atoms with Crippen LogP contribution in [-0.2, 0) is 6.61 Å². The number of thiophene rings is 1. The Bertz CT molecular complexity index is 746. The van der Waals surface area contributed by atoms with E-state index in [9.17, 15) is 0 Å². The first-order valence-electron chi connectivity index (χ1n) is 5.85. The number of nitrogens with one attached hydrogen (secondary N) is 1. The summed E-state index contributed by atoms with van der Waals surface area (Å²) in [7, 11) is 0. The maximum atomic E-state index is 5.95. The highest BCUT2D eigenvalue weighted by molar-refractivity contribution is 7.16. The number of fused-ring (bicyclic) bond motifs is 1. The molecule has 0 radical (unpaired) electrons. The van der Waals surface area contributed by atoms with Crippen molar-refractivity contribution in [2.75, 3.05) is 5.43 Å². The third-order valence-corrected chi connectivity index (χ3v) is 3.73. The third kappa shape index (κ3) is 2.67. The predicted octanol–water partition coefficient (Wildman–Crippen LogP) is 3.21. The Morgan fingerprint density at radius 2 is 2.20 bits per heavy atom. The molecule has 0 aliphatic heterocycles. The monoisotopic (exact) mass is 306 g/mol. The lowest BCUT2D eigenvalue weighted by Gasteiger charge is -2.08. The second kappa shape index (κ2) is 5.62. The van der Waals surface area contributed by atoms with Crippen molar-refractivity contribution in [2.24, 2.45) is 5.84 Å². The van der Waals surface area contributed by atoms with Gasteiger partial charge in [0.25, 0.3) is 0 Å². The first kappa shape index (κ1) is 13.1. The summed E-state index contributed by atoms with van der Waals surface area (Å²) in [5, 5.41) is 3.49. The fraction of sp³-hybridized carbons (Fsp3) is 0.0769. The Morgan fingerprint density at radius 3 is 3.00 bits per heavy atom. The van der Waals surface area contributed by atoms with E-state index in [-0.39, 0.29) is 0 Å². The number of halogens is 1. The number of rotatable bonds is 4. The van der Waals surface area contributed by atoms with Crippen LogP contribution in [0.5, 0.6) is 5.88 Å². The number of hydrogen-bond donors (Lipinski definition) is 2. The zero-order valence-corrected chi connectivity index (χ0v) is 11.9. The van der Waals surface area contributed by atoms with E-state index in [1.807, 2.05) is 35.7 Å². The lowest BCUT2D eigenvalue weighted by atomic mass is 10.2. The Hall–Kier alpha value is -1.89. The molecule has 0 aliphatic rings. The smallest absolute Gasteiger partial charge is 0.241 e. The molecular weight excluding hydrogens is 296 g/mol. The maximum absolute atomic E-state index is 5.95. The van der Waals surface area contributed by atoms with Gasteiger partial charge < -0.3 is 4.74 Å². The molecular formula is C13H11ClN4OS. The largest absolute Gasteiger partial charge is 0.472 e. The van der Waals surface area contributed by atoms with Gasteiger partial charge in [0.05, 0.1) is 5.39 Å². The normalized spacial score (nSPS) is 10.7. The van der Waals surface area contributed by atoms with Gasteiger partial charge in [-0.05, 0) is 29.1 Å². The number of hydrazine groups is 1. The molecule has 0 aliphatic carbocycles. The minimum atomic E-state index is 0.334. The van der Waals surface area contributed by atoms with E-state index in [0.717, 1.165) is 15.8 Å². The molecule has 0 amide bonds. The molecule has 2 heterocycles. The van der Waals surface area contributed by atoms with Crippen LogP contribution in [0.4, 0.5) is 5.95 Å². The van der Waals surface area contributed by atoms with Gasteiger partial charge in [-0.15, -0.1) is 11.3 Å². The van der Waals surface area contributed by atoms with E-state index in [2.05, 4.69) is 15.4 Å². The number of benzene rings is 1. The molecule has 102 valence electrons. The van der Waals surface area contributed by atoms with Gasteiger partial charge in [-0.25, -0.2) is 10.8 Å². The number of ether oxygens (including phenoxy) is 1. The third-order valence-electron chi connectivity index (χ3n) is 2.68. The maximum Gasteiger partial charge on any atom is 0.241 e. The summed E-state index contributed by atoms with van der Waals surface area (Å²) in [5.41, 5.74) is 3.41. The van der Waals surface area contributed by atoms with Crippen molar-refractivity contribution in [3.05, 3.63) is 46.3 Å². The fourth-order valence-electron chi connectivity index (χ4n) is 1.78. The minimum absolute atomic E-state index is 0.334. The molecule has 5 nitrogen and oxygen atoms in total. The van der Waals surface area contributed by atoms with E-state index in [1.165, 1.54) is 11.3 Å². The summed E-state index contributed by atoms with van der Waals surface area (Å²) < 4.78 is 5.76. The number of hydrogen-bond acceptors (Lipinski definition) is 6. The van der Waals surface area contributed by atoms with Crippen molar-refractivity contribution < 1.29 is 4.74 Å². The van der Waals surface area contributed by atoms with Crippen molar-refractivity contribution >= 4 is 39.1 Å². The minimum Gasteiger partial charge on any atom is -0.472 e. The molecule has 20 heavy (non-hydrogen) atoms. The summed E-state index contributed by atoms with van der Waals surface area (Å²) >= 11 is 7.45. The summed E-state index contributed by atoms with van der Waals surface area (Å²) in [5.74, 6) is 6.20. The van der Waals surface area contributed by atoms with Gasteiger partial charge in [-0.1, -0.05) is 23.7 Å². The first-order chi connectivity index (χ1) is 9.76. The quantitative estimate of drug-likeness (QED) is 0.572. The summed E-state index contributed by atoms with van der Waals surface area (Å²) in [6.45, 7) is 0.381. The Balaban J connectivity index is 1.88.